The summed E-state index contributed by atoms with van der Waals surface area (Å²) in [5.74, 6) is -1.26. The quantitative estimate of drug-likeness (QED) is 0.834. The maximum Gasteiger partial charge on any atom is 0.341 e. The summed E-state index contributed by atoms with van der Waals surface area (Å²) >= 11 is 5.94. The highest BCUT2D eigenvalue weighted by atomic mass is 35.5. The van der Waals surface area contributed by atoms with Crippen LogP contribution in [0.5, 0.6) is 0 Å². The summed E-state index contributed by atoms with van der Waals surface area (Å²) in [4.78, 5) is 23.2. The van der Waals surface area contributed by atoms with Crippen molar-refractivity contribution in [2.75, 3.05) is 0 Å². The molecule has 6 heteroatoms. The first-order valence-electron chi connectivity index (χ1n) is 5.77. The van der Waals surface area contributed by atoms with Crippen LogP contribution in [0.1, 0.15) is 28.4 Å². The third kappa shape index (κ3) is 1.74. The van der Waals surface area contributed by atoms with Crippen LogP contribution in [0.2, 0.25) is 5.02 Å². The summed E-state index contributed by atoms with van der Waals surface area (Å²) in [5, 5.41) is 19.6. The van der Waals surface area contributed by atoms with Gasteiger partial charge in [0.2, 0.25) is 5.43 Å². The molecule has 1 aliphatic rings. The zero-order valence-electron chi connectivity index (χ0n) is 9.76. The van der Waals surface area contributed by atoms with Gasteiger partial charge in [-0.15, -0.1) is 0 Å². The molecule has 1 aliphatic heterocycles. The van der Waals surface area contributed by atoms with Crippen LogP contribution in [0, 0.1) is 0 Å². The Balaban J connectivity index is 2.52. The lowest BCUT2D eigenvalue weighted by atomic mass is 9.97. The molecule has 98 valence electrons. The molecule has 0 radical (unpaired) electrons. The Labute approximate surface area is 112 Å². The maximum absolute atomic E-state index is 12.1. The first-order valence-corrected chi connectivity index (χ1v) is 6.15. The SMILES string of the molecule is O=C(O)c1cn2c3c(cc(Cl)cc3c1=O)C(O)CC2. The van der Waals surface area contributed by atoms with Gasteiger partial charge in [0.15, 0.2) is 0 Å². The monoisotopic (exact) mass is 279 g/mol. The zero-order chi connectivity index (χ0) is 13.7. The van der Waals surface area contributed by atoms with Gasteiger partial charge in [-0.3, -0.25) is 4.79 Å². The van der Waals surface area contributed by atoms with E-state index in [-0.39, 0.29) is 10.9 Å². The lowest BCUT2D eigenvalue weighted by Crippen LogP contribution is -2.23. The first kappa shape index (κ1) is 12.2. The van der Waals surface area contributed by atoms with Crippen molar-refractivity contribution >= 4 is 28.5 Å². The molecule has 0 amide bonds. The van der Waals surface area contributed by atoms with Crippen molar-refractivity contribution < 1.29 is 15.0 Å². The van der Waals surface area contributed by atoms with Gasteiger partial charge < -0.3 is 14.8 Å². The van der Waals surface area contributed by atoms with Gasteiger partial charge in [0.25, 0.3) is 0 Å². The Kier molecular flexibility index (Phi) is 2.62. The molecule has 0 saturated heterocycles. The summed E-state index contributed by atoms with van der Waals surface area (Å²) in [6, 6.07) is 3.06. The lowest BCUT2D eigenvalue weighted by molar-refractivity contribution is 0.0694. The molecule has 0 spiro atoms. The van der Waals surface area contributed by atoms with Gasteiger partial charge in [-0.05, 0) is 18.6 Å². The molecule has 19 heavy (non-hydrogen) atoms. The number of carbonyl (C=O) groups is 1. The molecule has 1 unspecified atom stereocenters. The van der Waals surface area contributed by atoms with E-state index >= 15 is 0 Å². The largest absolute Gasteiger partial charge is 0.477 e. The van der Waals surface area contributed by atoms with Crippen molar-refractivity contribution in [1.29, 1.82) is 0 Å². The molecule has 0 saturated carbocycles. The van der Waals surface area contributed by atoms with Gasteiger partial charge in [0, 0.05) is 28.7 Å². The topological polar surface area (TPSA) is 79.5 Å². The molecule has 2 aromatic rings. The minimum atomic E-state index is -1.26. The summed E-state index contributed by atoms with van der Waals surface area (Å²) in [5.41, 5.74) is 0.287. The fourth-order valence-corrected chi connectivity index (χ4v) is 2.76. The van der Waals surface area contributed by atoms with Gasteiger partial charge in [0.1, 0.15) is 5.56 Å². The Morgan fingerprint density at radius 3 is 2.84 bits per heavy atom. The Morgan fingerprint density at radius 2 is 2.16 bits per heavy atom. The van der Waals surface area contributed by atoms with E-state index in [1.807, 2.05) is 0 Å². The number of pyridine rings is 1. The van der Waals surface area contributed by atoms with Crippen LogP contribution in [0.4, 0.5) is 0 Å². The number of aromatic nitrogens is 1. The van der Waals surface area contributed by atoms with E-state index in [2.05, 4.69) is 0 Å². The Hall–Kier alpha value is -1.85. The third-order valence-corrected chi connectivity index (χ3v) is 3.62. The van der Waals surface area contributed by atoms with E-state index in [1.54, 1.807) is 10.6 Å². The predicted molar refractivity (Wildman–Crippen MR) is 69.8 cm³/mol. The molecule has 0 bridgehead atoms. The fourth-order valence-electron chi connectivity index (χ4n) is 2.54. The molecule has 2 N–H and O–H groups in total. The second kappa shape index (κ2) is 4.08. The molecule has 1 aromatic carbocycles. The van der Waals surface area contributed by atoms with E-state index < -0.39 is 17.5 Å². The van der Waals surface area contributed by atoms with E-state index in [0.29, 0.717) is 29.1 Å². The van der Waals surface area contributed by atoms with Gasteiger partial charge in [-0.25, -0.2) is 4.79 Å². The van der Waals surface area contributed by atoms with Crippen molar-refractivity contribution in [2.24, 2.45) is 0 Å². The summed E-state index contributed by atoms with van der Waals surface area (Å²) in [7, 11) is 0. The van der Waals surface area contributed by atoms with Crippen molar-refractivity contribution in [2.45, 2.75) is 19.1 Å². The number of carboxylic acids is 1. The number of rotatable bonds is 1. The second-order valence-electron chi connectivity index (χ2n) is 4.57. The minimum Gasteiger partial charge on any atom is -0.477 e. The van der Waals surface area contributed by atoms with Crippen molar-refractivity contribution in [1.82, 2.24) is 4.57 Å². The molecule has 5 nitrogen and oxygen atoms in total. The molecule has 1 atom stereocenters. The molecule has 2 heterocycles. The normalized spacial score (nSPS) is 17.7. The van der Waals surface area contributed by atoms with Crippen LogP contribution in [0.25, 0.3) is 10.9 Å². The number of aryl methyl sites for hydroxylation is 1. The molecular weight excluding hydrogens is 270 g/mol. The van der Waals surface area contributed by atoms with Gasteiger partial charge >= 0.3 is 5.97 Å². The molecule has 1 aromatic heterocycles. The van der Waals surface area contributed by atoms with Gasteiger partial charge in [-0.1, -0.05) is 11.6 Å². The molecular formula is C13H10ClNO4. The third-order valence-electron chi connectivity index (χ3n) is 3.40. The maximum atomic E-state index is 12.1. The van der Waals surface area contributed by atoms with Gasteiger partial charge in [-0.2, -0.15) is 0 Å². The number of aromatic carboxylic acids is 1. The predicted octanol–water partition coefficient (Wildman–Crippen LogP) is 1.79. The fraction of sp³-hybridized carbons (Fsp3) is 0.231. The molecule has 3 rings (SSSR count). The average molecular weight is 280 g/mol. The van der Waals surface area contributed by atoms with E-state index in [0.717, 1.165) is 0 Å². The standard InChI is InChI=1S/C13H10ClNO4/c14-6-3-7-10(16)1-2-15-5-9(13(18)19)12(17)8(4-6)11(7)15/h3-5,10,16H,1-2H2,(H,18,19). The second-order valence-corrected chi connectivity index (χ2v) is 5.00. The van der Waals surface area contributed by atoms with Crippen LogP contribution in [-0.4, -0.2) is 20.7 Å². The van der Waals surface area contributed by atoms with E-state index in [4.69, 9.17) is 16.7 Å². The number of aliphatic hydroxyl groups excluding tert-OH is 1. The van der Waals surface area contributed by atoms with Gasteiger partial charge in [0.05, 0.1) is 11.6 Å². The van der Waals surface area contributed by atoms with Crippen LogP contribution in [-0.2, 0) is 6.54 Å². The average Bonchev–Trinajstić information content (AvgIpc) is 2.36. The number of hydrogen-bond donors (Lipinski definition) is 2. The number of carboxylic acid groups (broad SMARTS) is 1. The highest BCUT2D eigenvalue weighted by Gasteiger charge is 2.24. The zero-order valence-corrected chi connectivity index (χ0v) is 10.5. The number of aliphatic hydroxyl groups is 1. The first-order chi connectivity index (χ1) is 8.99. The molecule has 0 aliphatic carbocycles. The summed E-state index contributed by atoms with van der Waals surface area (Å²) in [6.45, 7) is 0.465. The van der Waals surface area contributed by atoms with Crippen LogP contribution in [0.3, 0.4) is 0 Å². The number of halogens is 1. The van der Waals surface area contributed by atoms with Crippen molar-refractivity contribution in [3.8, 4) is 0 Å². The van der Waals surface area contributed by atoms with Crippen LogP contribution in [0.15, 0.2) is 23.1 Å². The number of hydrogen-bond acceptors (Lipinski definition) is 3. The smallest absolute Gasteiger partial charge is 0.341 e. The van der Waals surface area contributed by atoms with Crippen LogP contribution >= 0.6 is 11.6 Å². The highest BCUT2D eigenvalue weighted by Crippen LogP contribution is 2.32. The summed E-state index contributed by atoms with van der Waals surface area (Å²) in [6.07, 6.45) is 1.11. The van der Waals surface area contributed by atoms with E-state index in [9.17, 15) is 14.7 Å². The Bertz CT molecular complexity index is 765. The number of benzene rings is 1. The molecule has 0 fully saturated rings. The minimum absolute atomic E-state index is 0.237. The Morgan fingerprint density at radius 1 is 1.42 bits per heavy atom. The lowest BCUT2D eigenvalue weighted by Gasteiger charge is -2.24. The van der Waals surface area contributed by atoms with Crippen molar-refractivity contribution in [3.63, 3.8) is 0 Å². The van der Waals surface area contributed by atoms with E-state index in [1.165, 1.54) is 12.3 Å². The van der Waals surface area contributed by atoms with Crippen LogP contribution < -0.4 is 5.43 Å². The number of nitrogens with zero attached hydrogens (tertiary/aromatic N) is 1. The van der Waals surface area contributed by atoms with Crippen molar-refractivity contribution in [3.05, 3.63) is 44.7 Å². The summed E-state index contributed by atoms with van der Waals surface area (Å²) < 4.78 is 1.69. The highest BCUT2D eigenvalue weighted by molar-refractivity contribution is 6.31.